The molecular formula is C27H20F2N4OS2. The summed E-state index contributed by atoms with van der Waals surface area (Å²) in [4.78, 5) is 13.6. The number of carbonyl (C=O) groups is 1. The smallest absolute Gasteiger partial charge is 0.251 e. The molecule has 0 atom stereocenters. The Balaban J connectivity index is 1.33. The first-order chi connectivity index (χ1) is 17.6. The van der Waals surface area contributed by atoms with Crippen LogP contribution in [0.5, 0.6) is 0 Å². The van der Waals surface area contributed by atoms with Crippen molar-refractivity contribution in [1.29, 1.82) is 0 Å². The molecule has 0 unspecified atom stereocenters. The number of halogens is 2. The standard InChI is InChI=1S/C27H20F2N4OS2/c28-21-12-10-18(11-13-21)16-30-26(34)20-6-3-5-19(15-20)17-36-27-32-31-25(24-9-4-14-35-24)33(27)23-8-2-1-7-22(23)29/h1-15H,16-17H2,(H,30,34). The number of carbonyl (C=O) groups excluding carboxylic acids is 1. The molecule has 3 aromatic carbocycles. The van der Waals surface area contributed by atoms with Crippen LogP contribution in [0.25, 0.3) is 16.4 Å². The summed E-state index contributed by atoms with van der Waals surface area (Å²) in [6, 6.07) is 23.7. The molecule has 0 aliphatic heterocycles. The summed E-state index contributed by atoms with van der Waals surface area (Å²) in [5, 5.41) is 14.0. The van der Waals surface area contributed by atoms with Gasteiger partial charge in [0.05, 0.1) is 10.6 Å². The molecule has 5 rings (SSSR count). The van der Waals surface area contributed by atoms with Crippen LogP contribution in [-0.4, -0.2) is 20.7 Å². The molecule has 0 spiro atoms. The first kappa shape index (κ1) is 23.9. The van der Waals surface area contributed by atoms with Crippen LogP contribution in [0.4, 0.5) is 8.78 Å². The van der Waals surface area contributed by atoms with E-state index in [1.165, 1.54) is 41.3 Å². The molecule has 0 fully saturated rings. The Morgan fingerprint density at radius 2 is 1.75 bits per heavy atom. The first-order valence-corrected chi connectivity index (χ1v) is 12.9. The van der Waals surface area contributed by atoms with E-state index < -0.39 is 0 Å². The second-order valence-electron chi connectivity index (χ2n) is 7.87. The highest BCUT2D eigenvalue weighted by molar-refractivity contribution is 7.98. The summed E-state index contributed by atoms with van der Waals surface area (Å²) >= 11 is 2.92. The van der Waals surface area contributed by atoms with Crippen LogP contribution in [-0.2, 0) is 12.3 Å². The van der Waals surface area contributed by atoms with Gasteiger partial charge in [-0.2, -0.15) is 0 Å². The lowest BCUT2D eigenvalue weighted by Gasteiger charge is -2.11. The minimum atomic E-state index is -0.364. The number of benzene rings is 3. The first-order valence-electron chi connectivity index (χ1n) is 11.1. The fourth-order valence-corrected chi connectivity index (χ4v) is 5.20. The van der Waals surface area contributed by atoms with Gasteiger partial charge >= 0.3 is 0 Å². The molecule has 2 aromatic heterocycles. The Morgan fingerprint density at radius 1 is 0.917 bits per heavy atom. The second kappa shape index (κ2) is 10.8. The molecular weight excluding hydrogens is 498 g/mol. The minimum Gasteiger partial charge on any atom is -0.348 e. The van der Waals surface area contributed by atoms with Gasteiger partial charge in [0.25, 0.3) is 5.91 Å². The van der Waals surface area contributed by atoms with E-state index in [1.54, 1.807) is 41.0 Å². The number of para-hydroxylation sites is 1. The molecule has 0 aliphatic carbocycles. The number of nitrogens with one attached hydrogen (secondary N) is 1. The molecule has 1 amide bonds. The lowest BCUT2D eigenvalue weighted by atomic mass is 10.1. The SMILES string of the molecule is O=C(NCc1ccc(F)cc1)c1cccc(CSc2nnc(-c3cccs3)n2-c2ccccc2F)c1. The van der Waals surface area contributed by atoms with Crippen LogP contribution in [0.15, 0.2) is 95.5 Å². The quantitative estimate of drug-likeness (QED) is 0.238. The monoisotopic (exact) mass is 518 g/mol. The molecule has 9 heteroatoms. The van der Waals surface area contributed by atoms with E-state index >= 15 is 0 Å². The second-order valence-corrected chi connectivity index (χ2v) is 9.76. The van der Waals surface area contributed by atoms with Crippen molar-refractivity contribution < 1.29 is 13.6 Å². The molecule has 5 aromatic rings. The zero-order valence-electron chi connectivity index (χ0n) is 18.9. The van der Waals surface area contributed by atoms with Crippen LogP contribution in [0.2, 0.25) is 0 Å². The Labute approximate surface area is 214 Å². The van der Waals surface area contributed by atoms with Crippen molar-refractivity contribution in [3.63, 3.8) is 0 Å². The highest BCUT2D eigenvalue weighted by atomic mass is 32.2. The van der Waals surface area contributed by atoms with Gasteiger partial charge in [0.2, 0.25) is 0 Å². The maximum absolute atomic E-state index is 14.7. The molecule has 5 nitrogen and oxygen atoms in total. The Kier molecular flexibility index (Phi) is 7.20. The molecule has 180 valence electrons. The number of aromatic nitrogens is 3. The summed E-state index contributed by atoms with van der Waals surface area (Å²) in [6.07, 6.45) is 0. The van der Waals surface area contributed by atoms with Crippen molar-refractivity contribution in [1.82, 2.24) is 20.1 Å². The van der Waals surface area contributed by atoms with Gasteiger partial charge in [-0.3, -0.25) is 9.36 Å². The third-order valence-electron chi connectivity index (χ3n) is 5.39. The van der Waals surface area contributed by atoms with E-state index in [9.17, 15) is 13.6 Å². The molecule has 2 heterocycles. The number of amides is 1. The third-order valence-corrected chi connectivity index (χ3v) is 7.26. The van der Waals surface area contributed by atoms with Gasteiger partial charge in [0.15, 0.2) is 11.0 Å². The van der Waals surface area contributed by atoms with Gasteiger partial charge in [-0.15, -0.1) is 21.5 Å². The predicted molar refractivity (Wildman–Crippen MR) is 138 cm³/mol. The van der Waals surface area contributed by atoms with Gasteiger partial charge in [-0.1, -0.05) is 54.2 Å². The van der Waals surface area contributed by atoms with Crippen molar-refractivity contribution in [3.05, 3.63) is 119 Å². The van der Waals surface area contributed by atoms with Gasteiger partial charge in [-0.05, 0) is 59.0 Å². The number of hydrogen-bond acceptors (Lipinski definition) is 5. The average molecular weight is 519 g/mol. The lowest BCUT2D eigenvalue weighted by molar-refractivity contribution is 0.0951. The normalized spacial score (nSPS) is 10.9. The third kappa shape index (κ3) is 5.37. The van der Waals surface area contributed by atoms with E-state index in [0.29, 0.717) is 34.5 Å². The summed E-state index contributed by atoms with van der Waals surface area (Å²) < 4.78 is 29.5. The lowest BCUT2D eigenvalue weighted by Crippen LogP contribution is -2.22. The number of thioether (sulfide) groups is 1. The topological polar surface area (TPSA) is 59.8 Å². The number of thiophene rings is 1. The van der Waals surface area contributed by atoms with Crippen LogP contribution in [0, 0.1) is 11.6 Å². The highest BCUT2D eigenvalue weighted by Crippen LogP contribution is 2.32. The summed E-state index contributed by atoms with van der Waals surface area (Å²) in [7, 11) is 0. The average Bonchev–Trinajstić information content (AvgIpc) is 3.57. The number of hydrogen-bond donors (Lipinski definition) is 1. The highest BCUT2D eigenvalue weighted by Gasteiger charge is 2.19. The van der Waals surface area contributed by atoms with E-state index in [2.05, 4.69) is 15.5 Å². The summed E-state index contributed by atoms with van der Waals surface area (Å²) in [5.74, 6) is 0.184. The Bertz CT molecular complexity index is 1480. The minimum absolute atomic E-state index is 0.222. The van der Waals surface area contributed by atoms with Gasteiger partial charge in [-0.25, -0.2) is 8.78 Å². The fourth-order valence-electron chi connectivity index (χ4n) is 3.62. The Hall–Kier alpha value is -3.82. The van der Waals surface area contributed by atoms with Crippen LogP contribution in [0.3, 0.4) is 0 Å². The van der Waals surface area contributed by atoms with Crippen molar-refractivity contribution in [2.24, 2.45) is 0 Å². The summed E-state index contributed by atoms with van der Waals surface area (Å²) in [6.45, 7) is 0.301. The maximum Gasteiger partial charge on any atom is 0.251 e. The van der Waals surface area contributed by atoms with Crippen LogP contribution >= 0.6 is 23.1 Å². The molecule has 36 heavy (non-hydrogen) atoms. The molecule has 0 saturated heterocycles. The van der Waals surface area contributed by atoms with E-state index in [-0.39, 0.29) is 17.5 Å². The van der Waals surface area contributed by atoms with Gasteiger partial charge in [0, 0.05) is 17.9 Å². The number of nitrogens with zero attached hydrogens (tertiary/aromatic N) is 3. The molecule has 0 radical (unpaired) electrons. The number of rotatable bonds is 8. The van der Waals surface area contributed by atoms with Gasteiger partial charge in [0.1, 0.15) is 11.6 Å². The predicted octanol–water partition coefficient (Wildman–Crippen LogP) is 6.50. The molecule has 1 N–H and O–H groups in total. The van der Waals surface area contributed by atoms with Crippen LogP contribution in [0.1, 0.15) is 21.5 Å². The largest absolute Gasteiger partial charge is 0.348 e. The molecule has 0 aliphatic rings. The van der Waals surface area contributed by atoms with Crippen LogP contribution < -0.4 is 5.32 Å². The zero-order valence-corrected chi connectivity index (χ0v) is 20.5. The maximum atomic E-state index is 14.7. The zero-order chi connectivity index (χ0) is 24.9. The molecule has 0 saturated carbocycles. The van der Waals surface area contributed by atoms with Crippen molar-refractivity contribution >= 4 is 29.0 Å². The van der Waals surface area contributed by atoms with E-state index in [1.807, 2.05) is 35.7 Å². The Morgan fingerprint density at radius 3 is 2.53 bits per heavy atom. The van der Waals surface area contributed by atoms with Crippen molar-refractivity contribution in [2.45, 2.75) is 17.5 Å². The fraction of sp³-hybridized carbons (Fsp3) is 0.0741. The molecule has 0 bridgehead atoms. The van der Waals surface area contributed by atoms with E-state index in [0.717, 1.165) is 16.0 Å². The van der Waals surface area contributed by atoms with E-state index in [4.69, 9.17) is 0 Å². The van der Waals surface area contributed by atoms with Crippen molar-refractivity contribution in [2.75, 3.05) is 0 Å². The summed E-state index contributed by atoms with van der Waals surface area (Å²) in [5.41, 5.74) is 2.62. The van der Waals surface area contributed by atoms with Gasteiger partial charge < -0.3 is 5.32 Å². The van der Waals surface area contributed by atoms with Crippen molar-refractivity contribution in [3.8, 4) is 16.4 Å².